The molecule has 0 saturated carbocycles. The molecule has 2 aromatic carbocycles. The van der Waals surface area contributed by atoms with Gasteiger partial charge in [0, 0.05) is 17.3 Å². The highest BCUT2D eigenvalue weighted by Gasteiger charge is 2.13. The highest BCUT2D eigenvalue weighted by Crippen LogP contribution is 2.16. The number of rotatable bonds is 6. The third kappa shape index (κ3) is 4.05. The summed E-state index contributed by atoms with van der Waals surface area (Å²) in [5, 5.41) is 8.97. The molecule has 1 atom stereocenters. The van der Waals surface area contributed by atoms with Gasteiger partial charge in [-0.25, -0.2) is 4.68 Å². The fourth-order valence-electron chi connectivity index (χ4n) is 2.94. The summed E-state index contributed by atoms with van der Waals surface area (Å²) in [6.45, 7) is 1.42. The number of para-hydroxylation sites is 1. The normalized spacial score (nSPS) is 12.2. The summed E-state index contributed by atoms with van der Waals surface area (Å²) >= 11 is 5.33. The van der Waals surface area contributed by atoms with Gasteiger partial charge in [-0.3, -0.25) is 0 Å². The summed E-state index contributed by atoms with van der Waals surface area (Å²) in [6.07, 6.45) is 3.95. The molecular weight excluding hydrogens is 358 g/mol. The van der Waals surface area contributed by atoms with Crippen molar-refractivity contribution in [2.75, 3.05) is 7.05 Å². The number of hydrogen-bond donors (Lipinski definition) is 1. The maximum Gasteiger partial charge on any atom is 0.292 e. The highest BCUT2D eigenvalue weighted by molar-refractivity contribution is 7.71. The third-order valence-corrected chi connectivity index (χ3v) is 4.50. The van der Waals surface area contributed by atoms with E-state index in [0.29, 0.717) is 17.4 Å². The first kappa shape index (κ1) is 17.4. The van der Waals surface area contributed by atoms with Crippen molar-refractivity contribution in [2.24, 2.45) is 0 Å². The van der Waals surface area contributed by atoms with Gasteiger partial charge in [-0.05, 0) is 36.5 Å². The Kier molecular flexibility index (Phi) is 4.95. The first-order valence-corrected chi connectivity index (χ1v) is 9.13. The molecular formula is C20H20N5OS+. The van der Waals surface area contributed by atoms with Crippen LogP contribution in [0, 0.1) is 4.84 Å². The zero-order valence-electron chi connectivity index (χ0n) is 14.9. The van der Waals surface area contributed by atoms with Crippen molar-refractivity contribution < 1.29 is 9.32 Å². The summed E-state index contributed by atoms with van der Waals surface area (Å²) < 4.78 is 9.27. The van der Waals surface area contributed by atoms with Crippen molar-refractivity contribution in [3.8, 4) is 17.1 Å². The number of hydrogen-bond acceptors (Lipinski definition) is 4. The van der Waals surface area contributed by atoms with E-state index in [-0.39, 0.29) is 0 Å². The van der Waals surface area contributed by atoms with Crippen LogP contribution in [-0.4, -0.2) is 26.6 Å². The lowest BCUT2D eigenvalue weighted by atomic mass is 10.2. The molecule has 4 rings (SSSR count). The number of benzene rings is 2. The van der Waals surface area contributed by atoms with Gasteiger partial charge in [-0.1, -0.05) is 36.4 Å². The molecule has 6 nitrogen and oxygen atoms in total. The van der Waals surface area contributed by atoms with E-state index >= 15 is 0 Å². The van der Waals surface area contributed by atoms with Gasteiger partial charge < -0.3 is 9.32 Å². The van der Waals surface area contributed by atoms with Crippen molar-refractivity contribution in [3.63, 3.8) is 0 Å². The lowest BCUT2D eigenvalue weighted by molar-refractivity contribution is -0.917. The van der Waals surface area contributed by atoms with Crippen molar-refractivity contribution in [1.29, 1.82) is 0 Å². The molecule has 4 aromatic rings. The monoisotopic (exact) mass is 378 g/mol. The smallest absolute Gasteiger partial charge is 0.292 e. The minimum Gasteiger partial charge on any atom is -0.409 e. The van der Waals surface area contributed by atoms with E-state index in [1.165, 1.54) is 4.90 Å². The van der Waals surface area contributed by atoms with Crippen LogP contribution in [-0.2, 0) is 13.2 Å². The standard InChI is InChI=1S/C20H19N5OS/c1-23(13-16-12-21-24(14-16)18-10-6-3-7-11-18)15-25-20(27)26-19(22-25)17-8-4-2-5-9-17/h2-12,14H,13,15H2,1H3/p+1. The second kappa shape index (κ2) is 7.69. The molecule has 0 amide bonds. The average Bonchev–Trinajstić information content (AvgIpc) is 3.30. The zero-order chi connectivity index (χ0) is 18.6. The van der Waals surface area contributed by atoms with Crippen LogP contribution in [0.3, 0.4) is 0 Å². The van der Waals surface area contributed by atoms with Crippen LogP contribution >= 0.6 is 12.2 Å². The van der Waals surface area contributed by atoms with E-state index in [1.807, 2.05) is 71.5 Å². The van der Waals surface area contributed by atoms with Crippen LogP contribution in [0.1, 0.15) is 5.56 Å². The van der Waals surface area contributed by atoms with Crippen LogP contribution < -0.4 is 4.90 Å². The highest BCUT2D eigenvalue weighted by atomic mass is 32.1. The lowest BCUT2D eigenvalue weighted by Gasteiger charge is -2.11. The summed E-state index contributed by atoms with van der Waals surface area (Å²) in [5.41, 5.74) is 3.12. The van der Waals surface area contributed by atoms with E-state index in [9.17, 15) is 0 Å². The fourth-order valence-corrected chi connectivity index (χ4v) is 3.12. The number of nitrogens with zero attached hydrogens (tertiary/aromatic N) is 4. The Balaban J connectivity index is 1.44. The molecule has 0 fully saturated rings. The molecule has 1 unspecified atom stereocenters. The van der Waals surface area contributed by atoms with Gasteiger partial charge in [0.25, 0.3) is 4.84 Å². The predicted molar refractivity (Wildman–Crippen MR) is 105 cm³/mol. The molecule has 136 valence electrons. The van der Waals surface area contributed by atoms with Gasteiger partial charge in [0.05, 0.1) is 18.9 Å². The van der Waals surface area contributed by atoms with Crippen molar-refractivity contribution >= 4 is 12.2 Å². The lowest BCUT2D eigenvalue weighted by Crippen LogP contribution is -3.06. The van der Waals surface area contributed by atoms with Crippen molar-refractivity contribution in [2.45, 2.75) is 13.2 Å². The topological polar surface area (TPSA) is 53.2 Å². The van der Waals surface area contributed by atoms with E-state index in [4.69, 9.17) is 16.6 Å². The quantitative estimate of drug-likeness (QED) is 0.524. The first-order valence-electron chi connectivity index (χ1n) is 8.73. The van der Waals surface area contributed by atoms with Gasteiger partial charge in [0.2, 0.25) is 5.89 Å². The molecule has 0 spiro atoms. The average molecular weight is 378 g/mol. The molecule has 0 radical (unpaired) electrons. The Morgan fingerprint density at radius 2 is 1.74 bits per heavy atom. The Morgan fingerprint density at radius 1 is 1.04 bits per heavy atom. The minimum absolute atomic E-state index is 0.383. The number of quaternary nitrogens is 1. The fraction of sp³-hybridized carbons (Fsp3) is 0.150. The van der Waals surface area contributed by atoms with Gasteiger partial charge in [-0.2, -0.15) is 9.78 Å². The van der Waals surface area contributed by atoms with Crippen LogP contribution in [0.4, 0.5) is 0 Å². The van der Waals surface area contributed by atoms with E-state index in [1.54, 1.807) is 4.68 Å². The molecule has 0 saturated heterocycles. The van der Waals surface area contributed by atoms with Gasteiger partial charge in [0.15, 0.2) is 6.67 Å². The summed E-state index contributed by atoms with van der Waals surface area (Å²) in [7, 11) is 2.10. The van der Waals surface area contributed by atoms with Crippen LogP contribution in [0.25, 0.3) is 17.1 Å². The molecule has 0 aliphatic heterocycles. The molecule has 1 N–H and O–H groups in total. The van der Waals surface area contributed by atoms with Crippen molar-refractivity contribution in [1.82, 2.24) is 19.6 Å². The van der Waals surface area contributed by atoms with Crippen LogP contribution in [0.15, 0.2) is 77.5 Å². The van der Waals surface area contributed by atoms with Gasteiger partial charge >= 0.3 is 0 Å². The molecule has 2 aromatic heterocycles. The number of nitrogens with one attached hydrogen (secondary N) is 1. The first-order chi connectivity index (χ1) is 13.2. The Hall–Kier alpha value is -3.03. The Morgan fingerprint density at radius 3 is 2.48 bits per heavy atom. The van der Waals surface area contributed by atoms with E-state index in [0.717, 1.165) is 23.4 Å². The minimum atomic E-state index is 0.383. The second-order valence-electron chi connectivity index (χ2n) is 6.46. The zero-order valence-corrected chi connectivity index (χ0v) is 15.8. The van der Waals surface area contributed by atoms with Crippen LogP contribution in [0.5, 0.6) is 0 Å². The summed E-state index contributed by atoms with van der Waals surface area (Å²) in [4.78, 5) is 1.61. The molecule has 0 aliphatic carbocycles. The van der Waals surface area contributed by atoms with Crippen molar-refractivity contribution in [3.05, 3.63) is 83.5 Å². The summed E-state index contributed by atoms with van der Waals surface area (Å²) in [5.74, 6) is 0.547. The van der Waals surface area contributed by atoms with Gasteiger partial charge in [-0.15, -0.1) is 5.10 Å². The van der Waals surface area contributed by atoms with Crippen LogP contribution in [0.2, 0.25) is 0 Å². The Bertz CT molecular complexity index is 1070. The Labute approximate surface area is 162 Å². The molecule has 0 aliphatic rings. The largest absolute Gasteiger partial charge is 0.409 e. The number of aromatic nitrogens is 4. The molecule has 2 heterocycles. The molecule has 0 bridgehead atoms. The summed E-state index contributed by atoms with van der Waals surface area (Å²) in [6, 6.07) is 19.9. The third-order valence-electron chi connectivity index (χ3n) is 4.21. The van der Waals surface area contributed by atoms with E-state index in [2.05, 4.69) is 23.4 Å². The second-order valence-corrected chi connectivity index (χ2v) is 6.81. The SMILES string of the molecule is C[NH+](Cc1cnn(-c2ccccc2)c1)Cn1nc(-c2ccccc2)oc1=S. The maximum atomic E-state index is 5.65. The predicted octanol–water partition coefficient (Wildman–Crippen LogP) is 2.73. The van der Waals surface area contributed by atoms with E-state index < -0.39 is 0 Å². The van der Waals surface area contributed by atoms with Gasteiger partial charge in [0.1, 0.15) is 6.54 Å². The molecule has 7 heteroatoms. The maximum absolute atomic E-state index is 5.65. The molecule has 27 heavy (non-hydrogen) atoms.